The molecule has 0 radical (unpaired) electrons. The number of likely N-dealkylation sites (tertiary alicyclic amines) is 1. The number of halogens is 1. The number of likely N-dealkylation sites (N-methyl/N-ethyl adjacent to an activating group) is 1. The average Bonchev–Trinajstić information content (AvgIpc) is 3.11. The molecule has 3 aromatic rings. The number of aromatic nitrogens is 1. The predicted octanol–water partition coefficient (Wildman–Crippen LogP) is 5.15. The van der Waals surface area contributed by atoms with Crippen LogP contribution in [0.5, 0.6) is 5.75 Å². The van der Waals surface area contributed by atoms with Crippen molar-refractivity contribution in [2.24, 2.45) is 0 Å². The van der Waals surface area contributed by atoms with Crippen LogP contribution < -0.4 is 9.64 Å². The van der Waals surface area contributed by atoms with Crippen LogP contribution in [0.25, 0.3) is 16.6 Å². The Morgan fingerprint density at radius 2 is 1.82 bits per heavy atom. The molecule has 5 rings (SSSR count). The van der Waals surface area contributed by atoms with Crippen LogP contribution in [0.3, 0.4) is 0 Å². The molecule has 0 spiro atoms. The van der Waals surface area contributed by atoms with E-state index in [-0.39, 0.29) is 0 Å². The van der Waals surface area contributed by atoms with E-state index in [9.17, 15) is 0 Å². The van der Waals surface area contributed by atoms with Gasteiger partial charge in [-0.2, -0.15) is 0 Å². The maximum absolute atomic E-state index is 6.00. The summed E-state index contributed by atoms with van der Waals surface area (Å²) in [5.74, 6) is 0.936. The van der Waals surface area contributed by atoms with Crippen molar-refractivity contribution < 1.29 is 4.74 Å². The van der Waals surface area contributed by atoms with Crippen LogP contribution in [0.15, 0.2) is 54.7 Å². The first-order valence-corrected chi connectivity index (χ1v) is 10.5. The minimum Gasteiger partial charge on any atom is -0.488 e. The zero-order chi connectivity index (χ0) is 19.1. The van der Waals surface area contributed by atoms with Crippen LogP contribution >= 0.6 is 22.9 Å². The fourth-order valence-corrected chi connectivity index (χ4v) is 4.67. The largest absolute Gasteiger partial charge is 0.488 e. The van der Waals surface area contributed by atoms with Crippen molar-refractivity contribution in [3.05, 3.63) is 70.3 Å². The average molecular weight is 410 g/mol. The fraction of sp³-hybridized carbons (Fsp3) is 0.227. The third-order valence-corrected chi connectivity index (χ3v) is 6.40. The first kappa shape index (κ1) is 17.7. The van der Waals surface area contributed by atoms with Gasteiger partial charge in [-0.25, -0.2) is 4.98 Å². The summed E-state index contributed by atoms with van der Waals surface area (Å²) in [7, 11) is 2.11. The van der Waals surface area contributed by atoms with Gasteiger partial charge in [0, 0.05) is 35.6 Å². The summed E-state index contributed by atoms with van der Waals surface area (Å²) < 4.78 is 5.98. The first-order valence-electron chi connectivity index (χ1n) is 9.30. The highest BCUT2D eigenvalue weighted by atomic mass is 35.5. The van der Waals surface area contributed by atoms with Crippen molar-refractivity contribution >= 4 is 34.7 Å². The van der Waals surface area contributed by atoms with E-state index in [0.717, 1.165) is 52.4 Å². The molecule has 1 aromatic heterocycles. The highest BCUT2D eigenvalue weighted by Crippen LogP contribution is 2.34. The SMILES string of the molecule is CN1CC(Oc2ccc(N3C=Cc4nc(-c5ccc(Cl)cc5)sc4C3)cc2)C1. The molecule has 2 aliphatic rings. The molecular formula is C22H20ClN3OS. The zero-order valence-electron chi connectivity index (χ0n) is 15.5. The molecule has 28 heavy (non-hydrogen) atoms. The number of anilines is 1. The van der Waals surface area contributed by atoms with E-state index in [1.807, 2.05) is 24.3 Å². The molecule has 2 aliphatic heterocycles. The van der Waals surface area contributed by atoms with E-state index in [1.165, 1.54) is 4.88 Å². The molecule has 0 aliphatic carbocycles. The lowest BCUT2D eigenvalue weighted by molar-refractivity contribution is 0.0388. The summed E-state index contributed by atoms with van der Waals surface area (Å²) in [5.41, 5.74) is 3.31. The maximum atomic E-state index is 6.00. The maximum Gasteiger partial charge on any atom is 0.124 e. The number of benzene rings is 2. The van der Waals surface area contributed by atoms with E-state index < -0.39 is 0 Å². The minimum atomic E-state index is 0.316. The Bertz CT molecular complexity index is 1010. The summed E-state index contributed by atoms with van der Waals surface area (Å²) in [5, 5.41) is 1.77. The Kier molecular flexibility index (Phi) is 4.59. The van der Waals surface area contributed by atoms with Crippen LogP contribution in [0, 0.1) is 0 Å². The molecule has 3 heterocycles. The molecule has 6 heteroatoms. The van der Waals surface area contributed by atoms with Gasteiger partial charge in [0.05, 0.1) is 17.1 Å². The van der Waals surface area contributed by atoms with Crippen molar-refractivity contribution in [1.82, 2.24) is 9.88 Å². The van der Waals surface area contributed by atoms with Gasteiger partial charge in [-0.1, -0.05) is 23.7 Å². The third kappa shape index (κ3) is 3.53. The van der Waals surface area contributed by atoms with Crippen molar-refractivity contribution in [1.29, 1.82) is 0 Å². The van der Waals surface area contributed by atoms with Crippen LogP contribution in [-0.2, 0) is 6.54 Å². The van der Waals surface area contributed by atoms with Crippen LogP contribution in [0.1, 0.15) is 10.6 Å². The number of ether oxygens (including phenoxy) is 1. The van der Waals surface area contributed by atoms with Gasteiger partial charge in [-0.15, -0.1) is 11.3 Å². The molecule has 142 valence electrons. The zero-order valence-corrected chi connectivity index (χ0v) is 17.1. The van der Waals surface area contributed by atoms with Crippen molar-refractivity contribution in [3.63, 3.8) is 0 Å². The lowest BCUT2D eigenvalue weighted by Gasteiger charge is -2.36. The highest BCUT2D eigenvalue weighted by Gasteiger charge is 2.25. The summed E-state index contributed by atoms with van der Waals surface area (Å²) >= 11 is 7.74. The Balaban J connectivity index is 1.29. The van der Waals surface area contributed by atoms with Gasteiger partial charge in [0.15, 0.2) is 0 Å². The van der Waals surface area contributed by atoms with Gasteiger partial charge in [-0.05, 0) is 49.5 Å². The first-order chi connectivity index (χ1) is 13.6. The minimum absolute atomic E-state index is 0.316. The number of hydrogen-bond acceptors (Lipinski definition) is 5. The molecule has 1 fully saturated rings. The Morgan fingerprint density at radius 1 is 1.07 bits per heavy atom. The second kappa shape index (κ2) is 7.24. The second-order valence-corrected chi connectivity index (χ2v) is 8.75. The molecule has 0 unspecified atom stereocenters. The number of fused-ring (bicyclic) bond motifs is 1. The number of rotatable bonds is 4. The van der Waals surface area contributed by atoms with E-state index in [0.29, 0.717) is 6.10 Å². The topological polar surface area (TPSA) is 28.6 Å². The van der Waals surface area contributed by atoms with Gasteiger partial charge in [-0.3, -0.25) is 4.90 Å². The van der Waals surface area contributed by atoms with Gasteiger partial charge in [0.1, 0.15) is 16.9 Å². The van der Waals surface area contributed by atoms with Crippen molar-refractivity contribution in [3.8, 4) is 16.3 Å². The van der Waals surface area contributed by atoms with Crippen molar-refractivity contribution in [2.45, 2.75) is 12.6 Å². The highest BCUT2D eigenvalue weighted by molar-refractivity contribution is 7.15. The smallest absolute Gasteiger partial charge is 0.124 e. The summed E-state index contributed by atoms with van der Waals surface area (Å²) in [4.78, 5) is 10.5. The Morgan fingerprint density at radius 3 is 2.54 bits per heavy atom. The molecule has 2 aromatic carbocycles. The second-order valence-electron chi connectivity index (χ2n) is 7.23. The predicted molar refractivity (Wildman–Crippen MR) is 116 cm³/mol. The van der Waals surface area contributed by atoms with Gasteiger partial charge in [0.2, 0.25) is 0 Å². The number of nitrogens with zero attached hydrogens (tertiary/aromatic N) is 3. The lowest BCUT2D eigenvalue weighted by atomic mass is 10.2. The van der Waals surface area contributed by atoms with Crippen LogP contribution in [-0.4, -0.2) is 36.1 Å². The standard InChI is InChI=1S/C22H20ClN3OS/c1-25-12-19(13-25)27-18-8-6-17(7-9-18)26-11-10-20-21(14-26)28-22(24-20)15-2-4-16(23)5-3-15/h2-11,19H,12-14H2,1H3. The summed E-state index contributed by atoms with van der Waals surface area (Å²) in [6.45, 7) is 2.83. The Hall–Kier alpha value is -2.34. The number of hydrogen-bond donors (Lipinski definition) is 0. The van der Waals surface area contributed by atoms with E-state index >= 15 is 0 Å². The van der Waals surface area contributed by atoms with Crippen molar-refractivity contribution in [2.75, 3.05) is 25.0 Å². The molecule has 0 atom stereocenters. The molecule has 1 saturated heterocycles. The van der Waals surface area contributed by atoms with Crippen LogP contribution in [0.2, 0.25) is 5.02 Å². The molecule has 0 amide bonds. The van der Waals surface area contributed by atoms with Gasteiger partial charge >= 0.3 is 0 Å². The lowest BCUT2D eigenvalue weighted by Crippen LogP contribution is -2.51. The third-order valence-electron chi connectivity index (χ3n) is 5.05. The summed E-state index contributed by atoms with van der Waals surface area (Å²) in [6, 6.07) is 16.2. The summed E-state index contributed by atoms with van der Waals surface area (Å²) in [6.07, 6.45) is 4.50. The van der Waals surface area contributed by atoms with E-state index in [4.69, 9.17) is 21.3 Å². The number of thiazole rings is 1. The Labute approximate surface area is 173 Å². The molecule has 0 N–H and O–H groups in total. The normalized spacial score (nSPS) is 16.7. The van der Waals surface area contributed by atoms with E-state index in [2.05, 4.69) is 53.4 Å². The molecular weight excluding hydrogens is 390 g/mol. The van der Waals surface area contributed by atoms with Gasteiger partial charge in [0.25, 0.3) is 0 Å². The monoisotopic (exact) mass is 409 g/mol. The molecule has 0 saturated carbocycles. The molecule has 0 bridgehead atoms. The fourth-order valence-electron chi connectivity index (χ4n) is 3.49. The van der Waals surface area contributed by atoms with Crippen LogP contribution in [0.4, 0.5) is 5.69 Å². The van der Waals surface area contributed by atoms with Gasteiger partial charge < -0.3 is 9.64 Å². The van der Waals surface area contributed by atoms with E-state index in [1.54, 1.807) is 11.3 Å². The molecule has 4 nitrogen and oxygen atoms in total. The quantitative estimate of drug-likeness (QED) is 0.596.